The van der Waals surface area contributed by atoms with Crippen LogP contribution in [0.15, 0.2) is 0 Å². The highest BCUT2D eigenvalue weighted by Gasteiger charge is 2.17. The van der Waals surface area contributed by atoms with Gasteiger partial charge in [0.1, 0.15) is 12.1 Å². The summed E-state index contributed by atoms with van der Waals surface area (Å²) in [5.74, 6) is -2.88. The van der Waals surface area contributed by atoms with Crippen LogP contribution in [0.3, 0.4) is 0 Å². The minimum atomic E-state index is -1.21. The van der Waals surface area contributed by atoms with Crippen molar-refractivity contribution < 1.29 is 24.2 Å². The van der Waals surface area contributed by atoms with E-state index in [4.69, 9.17) is 16.6 Å². The summed E-state index contributed by atoms with van der Waals surface area (Å²) in [6, 6.07) is -2.02. The van der Waals surface area contributed by atoms with Gasteiger partial charge in [0.25, 0.3) is 0 Å². The molecule has 0 rings (SSSR count). The highest BCUT2D eigenvalue weighted by atomic mass is 16.6. The largest absolute Gasteiger partial charge is 0.480 e. The van der Waals surface area contributed by atoms with Crippen LogP contribution in [0, 0.1) is 0 Å². The summed E-state index contributed by atoms with van der Waals surface area (Å²) < 4.78 is 4.29. The molecule has 86 valence electrons. The monoisotopic (exact) mass is 218 g/mol. The molecular weight excluding hydrogens is 204 g/mol. The Bertz CT molecular complexity index is 264. The van der Waals surface area contributed by atoms with Crippen molar-refractivity contribution >= 4 is 17.9 Å². The summed E-state index contributed by atoms with van der Waals surface area (Å²) in [4.78, 5) is 32.0. The van der Waals surface area contributed by atoms with Crippen LogP contribution in [0.2, 0.25) is 0 Å². The zero-order chi connectivity index (χ0) is 12.0. The summed E-state index contributed by atoms with van der Waals surface area (Å²) in [5, 5.41) is 8.40. The predicted molar refractivity (Wildman–Crippen MR) is 49.6 cm³/mol. The number of aliphatic carboxylic acids is 1. The van der Waals surface area contributed by atoms with Crippen LogP contribution in [-0.4, -0.2) is 35.1 Å². The lowest BCUT2D eigenvalue weighted by molar-refractivity contribution is -0.160. The Morgan fingerprint density at radius 3 is 2.27 bits per heavy atom. The number of hydrogen-bond acceptors (Lipinski definition) is 6. The number of esters is 2. The third-order valence-corrected chi connectivity index (χ3v) is 1.56. The Morgan fingerprint density at radius 2 is 1.87 bits per heavy atom. The number of ether oxygens (including phenoxy) is 1. The van der Waals surface area contributed by atoms with Crippen molar-refractivity contribution in [2.24, 2.45) is 11.5 Å². The van der Waals surface area contributed by atoms with Crippen molar-refractivity contribution in [2.45, 2.75) is 31.8 Å². The second-order valence-electron chi connectivity index (χ2n) is 3.07. The van der Waals surface area contributed by atoms with Gasteiger partial charge in [-0.3, -0.25) is 9.59 Å². The summed E-state index contributed by atoms with van der Waals surface area (Å²) in [5.41, 5.74) is 10.3. The fourth-order valence-corrected chi connectivity index (χ4v) is 0.653. The molecule has 0 aliphatic rings. The maximum Gasteiger partial charge on any atom is 0.330 e. The fraction of sp³-hybridized carbons (Fsp3) is 0.625. The first-order valence-electron chi connectivity index (χ1n) is 4.33. The zero-order valence-corrected chi connectivity index (χ0v) is 8.30. The van der Waals surface area contributed by atoms with E-state index in [1.54, 1.807) is 0 Å². The summed E-state index contributed by atoms with van der Waals surface area (Å²) in [6.07, 6.45) is -0.313. The summed E-state index contributed by atoms with van der Waals surface area (Å²) >= 11 is 0. The van der Waals surface area contributed by atoms with Gasteiger partial charge in [-0.25, -0.2) is 4.79 Å². The van der Waals surface area contributed by atoms with E-state index in [1.165, 1.54) is 6.92 Å². The zero-order valence-electron chi connectivity index (χ0n) is 8.30. The van der Waals surface area contributed by atoms with E-state index in [9.17, 15) is 14.4 Å². The Kier molecular flexibility index (Phi) is 5.50. The lowest BCUT2D eigenvalue weighted by Gasteiger charge is -2.07. The first-order chi connectivity index (χ1) is 6.84. The Labute approximate surface area is 86.4 Å². The first kappa shape index (κ1) is 13.5. The number of rotatable bonds is 5. The van der Waals surface area contributed by atoms with E-state index >= 15 is 0 Å². The van der Waals surface area contributed by atoms with Gasteiger partial charge in [0.15, 0.2) is 0 Å². The van der Waals surface area contributed by atoms with Crippen molar-refractivity contribution in [1.82, 2.24) is 0 Å². The van der Waals surface area contributed by atoms with E-state index in [0.717, 1.165) is 0 Å². The lowest BCUT2D eigenvalue weighted by Crippen LogP contribution is -2.33. The fourth-order valence-electron chi connectivity index (χ4n) is 0.653. The molecule has 7 heteroatoms. The number of carbonyl (C=O) groups is 3. The molecule has 0 saturated carbocycles. The summed E-state index contributed by atoms with van der Waals surface area (Å²) in [6.45, 7) is 1.37. The van der Waals surface area contributed by atoms with Gasteiger partial charge in [-0.05, 0) is 13.3 Å². The normalized spacial score (nSPS) is 14.1. The molecule has 0 aromatic rings. The lowest BCUT2D eigenvalue weighted by atomic mass is 10.2. The molecule has 0 aliphatic carbocycles. The third-order valence-electron chi connectivity index (χ3n) is 1.56. The average Bonchev–Trinajstić information content (AvgIpc) is 2.13. The molecule has 0 radical (unpaired) electrons. The number of carboxylic acids is 1. The molecular formula is C8H14N2O5. The molecule has 0 amide bonds. The van der Waals surface area contributed by atoms with Gasteiger partial charge in [0, 0.05) is 6.42 Å². The van der Waals surface area contributed by atoms with Crippen LogP contribution in [0.25, 0.3) is 0 Å². The average molecular weight is 218 g/mol. The highest BCUT2D eigenvalue weighted by Crippen LogP contribution is 1.98. The first-order valence-corrected chi connectivity index (χ1v) is 4.33. The van der Waals surface area contributed by atoms with Gasteiger partial charge in [0.2, 0.25) is 0 Å². The maximum absolute atomic E-state index is 10.9. The molecule has 15 heavy (non-hydrogen) atoms. The topological polar surface area (TPSA) is 133 Å². The molecule has 5 N–H and O–H groups in total. The molecule has 0 saturated heterocycles. The van der Waals surface area contributed by atoms with Crippen LogP contribution in [-0.2, 0) is 19.1 Å². The minimum absolute atomic E-state index is 0.0829. The van der Waals surface area contributed by atoms with E-state index in [1.807, 2.05) is 0 Å². The molecule has 0 bridgehead atoms. The van der Waals surface area contributed by atoms with Crippen LogP contribution in [0.5, 0.6) is 0 Å². The van der Waals surface area contributed by atoms with E-state index < -0.39 is 30.0 Å². The second-order valence-corrected chi connectivity index (χ2v) is 3.07. The van der Waals surface area contributed by atoms with Crippen LogP contribution in [0.1, 0.15) is 19.8 Å². The van der Waals surface area contributed by atoms with Gasteiger partial charge in [-0.2, -0.15) is 0 Å². The quantitative estimate of drug-likeness (QED) is 0.381. The molecule has 1 unspecified atom stereocenters. The number of hydrogen-bond donors (Lipinski definition) is 3. The van der Waals surface area contributed by atoms with Gasteiger partial charge in [0.05, 0.1) is 0 Å². The minimum Gasteiger partial charge on any atom is -0.480 e. The number of carboxylic acid groups (broad SMARTS) is 1. The molecule has 7 nitrogen and oxygen atoms in total. The van der Waals surface area contributed by atoms with Crippen molar-refractivity contribution in [1.29, 1.82) is 0 Å². The van der Waals surface area contributed by atoms with E-state index in [0.29, 0.717) is 0 Å². The smallest absolute Gasteiger partial charge is 0.330 e. The van der Waals surface area contributed by atoms with Gasteiger partial charge >= 0.3 is 17.9 Å². The Balaban J connectivity index is 3.86. The number of carbonyl (C=O) groups excluding carboxylic acids is 2. The second kappa shape index (κ2) is 6.10. The van der Waals surface area contributed by atoms with Crippen LogP contribution in [0.4, 0.5) is 0 Å². The van der Waals surface area contributed by atoms with E-state index in [-0.39, 0.29) is 12.8 Å². The Hall–Kier alpha value is -1.47. The van der Waals surface area contributed by atoms with Crippen molar-refractivity contribution in [2.75, 3.05) is 0 Å². The summed E-state index contributed by atoms with van der Waals surface area (Å²) in [7, 11) is 0. The molecule has 2 atom stereocenters. The third kappa shape index (κ3) is 5.76. The Morgan fingerprint density at radius 1 is 1.33 bits per heavy atom. The van der Waals surface area contributed by atoms with Crippen molar-refractivity contribution in [3.8, 4) is 0 Å². The molecule has 0 aromatic carbocycles. The molecule has 0 aromatic heterocycles. The van der Waals surface area contributed by atoms with E-state index in [2.05, 4.69) is 4.74 Å². The van der Waals surface area contributed by atoms with Crippen LogP contribution < -0.4 is 11.5 Å². The molecule has 0 spiro atoms. The number of nitrogens with two attached hydrogens (primary N) is 2. The standard InChI is InChI=1S/C8H14N2O5/c1-4(9)8(14)15-6(11)3-2-5(10)7(12)13/h4-5H,2-3,9-10H2,1H3,(H,12,13)/t4?,5-/m0/s1. The SMILES string of the molecule is CC(N)C(=O)OC(=O)CC[C@H](N)C(=O)O. The van der Waals surface area contributed by atoms with Crippen molar-refractivity contribution in [3.05, 3.63) is 0 Å². The van der Waals surface area contributed by atoms with Gasteiger partial charge in [-0.15, -0.1) is 0 Å². The maximum atomic E-state index is 10.9. The molecule has 0 fully saturated rings. The predicted octanol–water partition coefficient (Wildman–Crippen LogP) is -1.40. The molecule has 0 heterocycles. The van der Waals surface area contributed by atoms with Gasteiger partial charge < -0.3 is 21.3 Å². The molecule has 0 aliphatic heterocycles. The van der Waals surface area contributed by atoms with Crippen molar-refractivity contribution in [3.63, 3.8) is 0 Å². The van der Waals surface area contributed by atoms with Gasteiger partial charge in [-0.1, -0.05) is 0 Å². The van der Waals surface area contributed by atoms with Crippen LogP contribution >= 0.6 is 0 Å². The highest BCUT2D eigenvalue weighted by molar-refractivity contribution is 5.88.